The van der Waals surface area contributed by atoms with Crippen LogP contribution in [0.2, 0.25) is 5.02 Å². The van der Waals surface area contributed by atoms with E-state index < -0.39 is 11.6 Å². The Kier molecular flexibility index (Phi) is 5.53. The Labute approximate surface area is 156 Å². The number of Topliss-reactive ketones (excluding diaryl/α,β-unsaturated/α-hetero) is 1. The molecular weight excluding hydrogens is 384 g/mol. The fourth-order valence-electron chi connectivity index (χ4n) is 2.18. The Bertz CT molecular complexity index is 965. The molecule has 5 nitrogen and oxygen atoms in total. The van der Waals surface area contributed by atoms with E-state index in [1.165, 1.54) is 13.2 Å². The number of H-pyrrole nitrogens is 1. The Morgan fingerprint density at radius 1 is 1.23 bits per heavy atom. The summed E-state index contributed by atoms with van der Waals surface area (Å²) in [5, 5.41) is 7.64. The monoisotopic (exact) mass is 395 g/mol. The highest BCUT2D eigenvalue weighted by atomic mass is 35.5. The summed E-state index contributed by atoms with van der Waals surface area (Å²) in [6.45, 7) is 0. The SMILES string of the molecule is COc1ccc(Cl)cc1-c1nc(SCC(=O)c2ccc(F)c(F)c2)n[nH]1. The van der Waals surface area contributed by atoms with Crippen molar-refractivity contribution in [2.24, 2.45) is 0 Å². The average molecular weight is 396 g/mol. The number of aromatic nitrogens is 3. The summed E-state index contributed by atoms with van der Waals surface area (Å²) < 4.78 is 31.4. The van der Waals surface area contributed by atoms with Gasteiger partial charge in [-0.2, -0.15) is 0 Å². The molecule has 0 saturated heterocycles. The minimum Gasteiger partial charge on any atom is -0.496 e. The van der Waals surface area contributed by atoms with Gasteiger partial charge < -0.3 is 4.74 Å². The van der Waals surface area contributed by atoms with Crippen molar-refractivity contribution >= 4 is 29.1 Å². The van der Waals surface area contributed by atoms with Crippen LogP contribution in [-0.4, -0.2) is 33.8 Å². The summed E-state index contributed by atoms with van der Waals surface area (Å²) >= 11 is 7.07. The summed E-state index contributed by atoms with van der Waals surface area (Å²) in [5.74, 6) is -1.43. The van der Waals surface area contributed by atoms with Crippen LogP contribution in [0.5, 0.6) is 5.75 Å². The molecule has 0 atom stereocenters. The number of hydrogen-bond donors (Lipinski definition) is 1. The molecule has 0 saturated carbocycles. The highest BCUT2D eigenvalue weighted by Crippen LogP contribution is 2.31. The largest absolute Gasteiger partial charge is 0.496 e. The van der Waals surface area contributed by atoms with E-state index in [-0.39, 0.29) is 17.1 Å². The van der Waals surface area contributed by atoms with E-state index in [0.29, 0.717) is 27.3 Å². The summed E-state index contributed by atoms with van der Waals surface area (Å²) in [7, 11) is 1.53. The van der Waals surface area contributed by atoms with E-state index in [2.05, 4.69) is 15.2 Å². The molecule has 0 aliphatic rings. The molecule has 3 aromatic rings. The van der Waals surface area contributed by atoms with E-state index in [1.54, 1.807) is 18.2 Å². The summed E-state index contributed by atoms with van der Waals surface area (Å²) in [6, 6.07) is 8.11. The van der Waals surface area contributed by atoms with E-state index in [4.69, 9.17) is 16.3 Å². The molecule has 0 radical (unpaired) electrons. The van der Waals surface area contributed by atoms with Gasteiger partial charge in [0.1, 0.15) is 5.75 Å². The van der Waals surface area contributed by atoms with Crippen LogP contribution in [-0.2, 0) is 0 Å². The van der Waals surface area contributed by atoms with Crippen molar-refractivity contribution in [1.29, 1.82) is 0 Å². The lowest BCUT2D eigenvalue weighted by Gasteiger charge is -2.05. The number of carbonyl (C=O) groups excluding carboxylic acids is 1. The van der Waals surface area contributed by atoms with Crippen LogP contribution >= 0.6 is 23.4 Å². The van der Waals surface area contributed by atoms with Crippen molar-refractivity contribution in [3.8, 4) is 17.1 Å². The number of methoxy groups -OCH3 is 1. The van der Waals surface area contributed by atoms with Gasteiger partial charge >= 0.3 is 0 Å². The molecule has 9 heteroatoms. The molecule has 0 bridgehead atoms. The third kappa shape index (κ3) is 4.03. The second kappa shape index (κ2) is 7.84. The lowest BCUT2D eigenvalue weighted by molar-refractivity contribution is 0.102. The number of carbonyl (C=O) groups is 1. The number of nitrogens with one attached hydrogen (secondary N) is 1. The molecule has 2 aromatic carbocycles. The van der Waals surface area contributed by atoms with Crippen LogP contribution in [0, 0.1) is 11.6 Å². The zero-order chi connectivity index (χ0) is 18.7. The fourth-order valence-corrected chi connectivity index (χ4v) is 3.04. The first-order valence-electron chi connectivity index (χ1n) is 7.35. The number of hydrogen-bond acceptors (Lipinski definition) is 5. The number of ketones is 1. The minimum absolute atomic E-state index is 0.0188. The van der Waals surface area contributed by atoms with Crippen molar-refractivity contribution in [3.63, 3.8) is 0 Å². The molecule has 0 unspecified atom stereocenters. The molecule has 26 heavy (non-hydrogen) atoms. The summed E-state index contributed by atoms with van der Waals surface area (Å²) in [5.41, 5.74) is 0.718. The summed E-state index contributed by atoms with van der Waals surface area (Å²) in [6.07, 6.45) is 0. The van der Waals surface area contributed by atoms with Gasteiger partial charge in [-0.05, 0) is 36.4 Å². The molecule has 0 fully saturated rings. The molecule has 1 N–H and O–H groups in total. The maximum absolute atomic E-state index is 13.2. The quantitative estimate of drug-likeness (QED) is 0.495. The fraction of sp³-hybridized carbons (Fsp3) is 0.118. The van der Waals surface area contributed by atoms with E-state index in [1.807, 2.05) is 0 Å². The molecule has 0 amide bonds. The van der Waals surface area contributed by atoms with Crippen molar-refractivity contribution < 1.29 is 18.3 Å². The van der Waals surface area contributed by atoms with Crippen molar-refractivity contribution in [2.45, 2.75) is 5.16 Å². The molecule has 1 aromatic heterocycles. The standard InChI is InChI=1S/C17H12ClF2N3O2S/c1-25-15-5-3-10(18)7-11(15)16-21-17(23-22-16)26-8-14(24)9-2-4-12(19)13(20)6-9/h2-7H,8H2,1H3,(H,21,22,23). The van der Waals surface area contributed by atoms with Crippen LogP contribution in [0.15, 0.2) is 41.6 Å². The zero-order valence-corrected chi connectivity index (χ0v) is 15.0. The third-order valence-corrected chi connectivity index (χ3v) is 4.54. The smallest absolute Gasteiger partial charge is 0.209 e. The van der Waals surface area contributed by atoms with E-state index in [0.717, 1.165) is 23.9 Å². The molecular formula is C17H12ClF2N3O2S. The Hall–Kier alpha value is -2.45. The molecule has 1 heterocycles. The van der Waals surface area contributed by atoms with Crippen molar-refractivity contribution in [3.05, 3.63) is 58.6 Å². The van der Waals surface area contributed by atoms with Gasteiger partial charge in [-0.3, -0.25) is 9.89 Å². The van der Waals surface area contributed by atoms with Gasteiger partial charge in [0, 0.05) is 10.6 Å². The van der Waals surface area contributed by atoms with Crippen LogP contribution < -0.4 is 4.74 Å². The predicted molar refractivity (Wildman–Crippen MR) is 94.8 cm³/mol. The summed E-state index contributed by atoms with van der Waals surface area (Å²) in [4.78, 5) is 16.4. The van der Waals surface area contributed by atoms with Gasteiger partial charge in [0.15, 0.2) is 23.2 Å². The first-order valence-corrected chi connectivity index (χ1v) is 8.71. The van der Waals surface area contributed by atoms with Crippen LogP contribution in [0.4, 0.5) is 8.78 Å². The maximum atomic E-state index is 13.2. The van der Waals surface area contributed by atoms with E-state index in [9.17, 15) is 13.6 Å². The van der Waals surface area contributed by atoms with Gasteiger partial charge in [-0.1, -0.05) is 23.4 Å². The molecule has 0 aliphatic heterocycles. The number of benzene rings is 2. The molecule has 134 valence electrons. The van der Waals surface area contributed by atoms with Crippen molar-refractivity contribution in [2.75, 3.05) is 12.9 Å². The number of aromatic amines is 1. The van der Waals surface area contributed by atoms with Crippen LogP contribution in [0.3, 0.4) is 0 Å². The second-order valence-electron chi connectivity index (χ2n) is 5.15. The highest BCUT2D eigenvalue weighted by Gasteiger charge is 2.15. The topological polar surface area (TPSA) is 67.9 Å². The average Bonchev–Trinajstić information content (AvgIpc) is 3.11. The third-order valence-electron chi connectivity index (χ3n) is 3.46. The van der Waals surface area contributed by atoms with Crippen LogP contribution in [0.1, 0.15) is 10.4 Å². The minimum atomic E-state index is -1.06. The first kappa shape index (κ1) is 18.3. The first-order chi connectivity index (χ1) is 12.5. The van der Waals surface area contributed by atoms with Gasteiger partial charge in [0.05, 0.1) is 18.4 Å². The predicted octanol–water partition coefficient (Wildman–Crippen LogP) is 4.39. The molecule has 0 spiro atoms. The Balaban J connectivity index is 1.72. The number of ether oxygens (including phenoxy) is 1. The van der Waals surface area contributed by atoms with Gasteiger partial charge in [0.2, 0.25) is 5.16 Å². The van der Waals surface area contributed by atoms with Gasteiger partial charge in [-0.15, -0.1) is 5.10 Å². The highest BCUT2D eigenvalue weighted by molar-refractivity contribution is 7.99. The van der Waals surface area contributed by atoms with E-state index >= 15 is 0 Å². The molecule has 3 rings (SSSR count). The zero-order valence-electron chi connectivity index (χ0n) is 13.4. The van der Waals surface area contributed by atoms with Gasteiger partial charge in [0.25, 0.3) is 0 Å². The second-order valence-corrected chi connectivity index (χ2v) is 6.53. The Morgan fingerprint density at radius 3 is 2.77 bits per heavy atom. The van der Waals surface area contributed by atoms with Gasteiger partial charge in [-0.25, -0.2) is 13.8 Å². The molecule has 0 aliphatic carbocycles. The van der Waals surface area contributed by atoms with Crippen molar-refractivity contribution in [1.82, 2.24) is 15.2 Å². The number of rotatable bonds is 6. The lowest BCUT2D eigenvalue weighted by Crippen LogP contribution is -2.03. The normalized spacial score (nSPS) is 10.8. The number of halogens is 3. The Morgan fingerprint density at radius 2 is 2.04 bits per heavy atom. The maximum Gasteiger partial charge on any atom is 0.209 e. The lowest BCUT2D eigenvalue weighted by atomic mass is 10.1. The number of nitrogens with zero attached hydrogens (tertiary/aromatic N) is 2. The number of thioether (sulfide) groups is 1. The van der Waals surface area contributed by atoms with Crippen LogP contribution in [0.25, 0.3) is 11.4 Å².